The molecular weight excluding hydrogens is 330 g/mol. The van der Waals surface area contributed by atoms with Crippen molar-refractivity contribution >= 4 is 35.0 Å². The normalized spacial score (nSPS) is 18.9. The molecule has 0 aromatic heterocycles. The molecule has 2 aliphatic rings. The van der Waals surface area contributed by atoms with E-state index in [1.54, 1.807) is 34.1 Å². The summed E-state index contributed by atoms with van der Waals surface area (Å²) in [6.45, 7) is 3.52. The fourth-order valence-corrected chi connectivity index (χ4v) is 3.20. The molecule has 0 unspecified atom stereocenters. The lowest BCUT2D eigenvalue weighted by molar-refractivity contribution is -0.146. The first-order chi connectivity index (χ1) is 11.4. The Morgan fingerprint density at radius 2 is 1.71 bits per heavy atom. The largest absolute Gasteiger partial charge is 0.339 e. The van der Waals surface area contributed by atoms with E-state index in [4.69, 9.17) is 11.6 Å². The maximum Gasteiger partial charge on any atom is 0.240 e. The number of halogens is 1. The monoisotopic (exact) mass is 349 g/mol. The average molecular weight is 350 g/mol. The molecule has 1 aromatic carbocycles. The molecule has 3 amide bonds. The summed E-state index contributed by atoms with van der Waals surface area (Å²) in [5, 5.41) is 3.33. The minimum atomic E-state index is -0.958. The van der Waals surface area contributed by atoms with Gasteiger partial charge in [-0.1, -0.05) is 17.7 Å². The van der Waals surface area contributed by atoms with Crippen LogP contribution in [0.2, 0.25) is 5.02 Å². The molecule has 1 heterocycles. The molecule has 1 saturated heterocycles. The van der Waals surface area contributed by atoms with Gasteiger partial charge in [0.25, 0.3) is 0 Å². The van der Waals surface area contributed by atoms with Crippen LogP contribution in [0.15, 0.2) is 24.3 Å². The standard InChI is InChI=1S/C17H20ClN3O3/c1-12(22)20-7-9-21(10-8-20)16(24)17(5-6-17)15(23)19-14-4-2-3-13(18)11-14/h2-4,11H,5-10H2,1H3,(H,19,23). The van der Waals surface area contributed by atoms with Crippen molar-refractivity contribution in [1.82, 2.24) is 9.80 Å². The molecule has 7 heteroatoms. The summed E-state index contributed by atoms with van der Waals surface area (Å²) in [6, 6.07) is 6.88. The average Bonchev–Trinajstić information content (AvgIpc) is 3.36. The number of carbonyl (C=O) groups is 3. The van der Waals surface area contributed by atoms with Crippen LogP contribution in [0.25, 0.3) is 0 Å². The Morgan fingerprint density at radius 1 is 1.08 bits per heavy atom. The van der Waals surface area contributed by atoms with E-state index in [2.05, 4.69) is 5.32 Å². The maximum atomic E-state index is 12.8. The molecule has 0 radical (unpaired) electrons. The lowest BCUT2D eigenvalue weighted by Crippen LogP contribution is -2.53. The summed E-state index contributed by atoms with van der Waals surface area (Å²) in [4.78, 5) is 40.2. The smallest absolute Gasteiger partial charge is 0.240 e. The molecule has 1 aromatic rings. The van der Waals surface area contributed by atoms with Gasteiger partial charge >= 0.3 is 0 Å². The van der Waals surface area contributed by atoms with Gasteiger partial charge < -0.3 is 15.1 Å². The van der Waals surface area contributed by atoms with Crippen molar-refractivity contribution in [3.05, 3.63) is 29.3 Å². The quantitative estimate of drug-likeness (QED) is 0.845. The number of rotatable bonds is 3. The molecule has 1 aliphatic carbocycles. The van der Waals surface area contributed by atoms with Gasteiger partial charge in [0.15, 0.2) is 0 Å². The maximum absolute atomic E-state index is 12.8. The number of piperazine rings is 1. The van der Waals surface area contributed by atoms with Crippen molar-refractivity contribution in [1.29, 1.82) is 0 Å². The van der Waals surface area contributed by atoms with Crippen LogP contribution in [-0.2, 0) is 14.4 Å². The molecule has 2 fully saturated rings. The number of nitrogens with one attached hydrogen (secondary N) is 1. The number of amides is 3. The molecule has 1 aliphatic heterocycles. The second-order valence-corrected chi connectivity index (χ2v) is 6.78. The summed E-state index contributed by atoms with van der Waals surface area (Å²) < 4.78 is 0. The topological polar surface area (TPSA) is 69.7 Å². The summed E-state index contributed by atoms with van der Waals surface area (Å²) in [5.74, 6) is -0.393. The Morgan fingerprint density at radius 3 is 2.25 bits per heavy atom. The van der Waals surface area contributed by atoms with Crippen LogP contribution >= 0.6 is 11.6 Å². The fourth-order valence-electron chi connectivity index (χ4n) is 3.01. The lowest BCUT2D eigenvalue weighted by atomic mass is 10.0. The molecule has 128 valence electrons. The summed E-state index contributed by atoms with van der Waals surface area (Å²) in [6.07, 6.45) is 1.12. The predicted octanol–water partition coefficient (Wildman–Crippen LogP) is 1.75. The molecule has 24 heavy (non-hydrogen) atoms. The van der Waals surface area contributed by atoms with E-state index in [-0.39, 0.29) is 17.7 Å². The van der Waals surface area contributed by atoms with Crippen LogP contribution in [0.4, 0.5) is 5.69 Å². The number of hydrogen-bond donors (Lipinski definition) is 1. The zero-order chi connectivity index (χ0) is 17.3. The van der Waals surface area contributed by atoms with Crippen molar-refractivity contribution in [2.75, 3.05) is 31.5 Å². The third-order valence-corrected chi connectivity index (χ3v) is 4.92. The Labute approximate surface area is 145 Å². The van der Waals surface area contributed by atoms with Crippen molar-refractivity contribution in [2.45, 2.75) is 19.8 Å². The van der Waals surface area contributed by atoms with E-state index < -0.39 is 5.41 Å². The second-order valence-electron chi connectivity index (χ2n) is 6.34. The Hall–Kier alpha value is -2.08. The van der Waals surface area contributed by atoms with E-state index in [0.29, 0.717) is 49.7 Å². The van der Waals surface area contributed by atoms with Gasteiger partial charge in [0.1, 0.15) is 5.41 Å². The van der Waals surface area contributed by atoms with Gasteiger partial charge in [0, 0.05) is 43.8 Å². The van der Waals surface area contributed by atoms with Crippen molar-refractivity contribution < 1.29 is 14.4 Å². The third-order valence-electron chi connectivity index (χ3n) is 4.69. The first kappa shape index (κ1) is 16.8. The molecule has 3 rings (SSSR count). The first-order valence-electron chi connectivity index (χ1n) is 8.04. The highest BCUT2D eigenvalue weighted by molar-refractivity contribution is 6.31. The fraction of sp³-hybridized carbons (Fsp3) is 0.471. The van der Waals surface area contributed by atoms with Gasteiger partial charge in [0.2, 0.25) is 17.7 Å². The van der Waals surface area contributed by atoms with Crippen molar-refractivity contribution in [2.24, 2.45) is 5.41 Å². The highest BCUT2D eigenvalue weighted by Crippen LogP contribution is 2.48. The van der Waals surface area contributed by atoms with E-state index in [0.717, 1.165) is 0 Å². The molecule has 0 spiro atoms. The number of anilines is 1. The second kappa shape index (κ2) is 6.43. The van der Waals surface area contributed by atoms with Crippen LogP contribution < -0.4 is 5.32 Å². The molecule has 0 bridgehead atoms. The van der Waals surface area contributed by atoms with E-state index in [1.165, 1.54) is 6.92 Å². The zero-order valence-corrected chi connectivity index (χ0v) is 14.3. The van der Waals surface area contributed by atoms with E-state index in [1.807, 2.05) is 0 Å². The van der Waals surface area contributed by atoms with Crippen LogP contribution in [0.5, 0.6) is 0 Å². The molecular formula is C17H20ClN3O3. The molecule has 0 atom stereocenters. The SMILES string of the molecule is CC(=O)N1CCN(C(=O)C2(C(=O)Nc3cccc(Cl)c3)CC2)CC1. The number of nitrogens with zero attached hydrogens (tertiary/aromatic N) is 2. The lowest BCUT2D eigenvalue weighted by Gasteiger charge is -2.35. The van der Waals surface area contributed by atoms with Gasteiger partial charge in [-0.2, -0.15) is 0 Å². The van der Waals surface area contributed by atoms with Crippen LogP contribution in [-0.4, -0.2) is 53.7 Å². The minimum Gasteiger partial charge on any atom is -0.339 e. The molecule has 6 nitrogen and oxygen atoms in total. The highest BCUT2D eigenvalue weighted by Gasteiger charge is 2.58. The molecule has 1 N–H and O–H groups in total. The Balaban J connectivity index is 1.64. The number of benzene rings is 1. The summed E-state index contributed by atoms with van der Waals surface area (Å²) in [5.41, 5.74) is -0.367. The van der Waals surface area contributed by atoms with E-state index >= 15 is 0 Å². The summed E-state index contributed by atoms with van der Waals surface area (Å²) in [7, 11) is 0. The molecule has 1 saturated carbocycles. The van der Waals surface area contributed by atoms with Gasteiger partial charge in [0.05, 0.1) is 0 Å². The predicted molar refractivity (Wildman–Crippen MR) is 90.6 cm³/mol. The van der Waals surface area contributed by atoms with Crippen LogP contribution in [0.3, 0.4) is 0 Å². The Kier molecular flexibility index (Phi) is 4.49. The highest BCUT2D eigenvalue weighted by atomic mass is 35.5. The first-order valence-corrected chi connectivity index (χ1v) is 8.42. The zero-order valence-electron chi connectivity index (χ0n) is 13.5. The minimum absolute atomic E-state index is 0.0157. The summed E-state index contributed by atoms with van der Waals surface area (Å²) >= 11 is 5.92. The van der Waals surface area contributed by atoms with Crippen molar-refractivity contribution in [3.63, 3.8) is 0 Å². The number of hydrogen-bond acceptors (Lipinski definition) is 3. The van der Waals surface area contributed by atoms with Crippen molar-refractivity contribution in [3.8, 4) is 0 Å². The van der Waals surface area contributed by atoms with Gasteiger partial charge in [-0.3, -0.25) is 14.4 Å². The van der Waals surface area contributed by atoms with Crippen LogP contribution in [0, 0.1) is 5.41 Å². The van der Waals surface area contributed by atoms with Gasteiger partial charge in [-0.15, -0.1) is 0 Å². The van der Waals surface area contributed by atoms with Crippen LogP contribution in [0.1, 0.15) is 19.8 Å². The number of carbonyl (C=O) groups excluding carboxylic acids is 3. The Bertz CT molecular complexity index is 679. The van der Waals surface area contributed by atoms with E-state index in [9.17, 15) is 14.4 Å². The van der Waals surface area contributed by atoms with Gasteiger partial charge in [-0.25, -0.2) is 0 Å². The third kappa shape index (κ3) is 3.24. The van der Waals surface area contributed by atoms with Gasteiger partial charge in [-0.05, 0) is 31.0 Å².